The van der Waals surface area contributed by atoms with Crippen LogP contribution in [0.1, 0.15) is 55.5 Å². The second kappa shape index (κ2) is 6.77. The van der Waals surface area contributed by atoms with E-state index >= 15 is 0 Å². The Kier molecular flexibility index (Phi) is 4.71. The Morgan fingerprint density at radius 3 is 2.96 bits per heavy atom. The van der Waals surface area contributed by atoms with Crippen molar-refractivity contribution in [2.45, 2.75) is 58.8 Å². The Morgan fingerprint density at radius 1 is 1.33 bits per heavy atom. The highest BCUT2D eigenvalue weighted by atomic mass is 16.5. The maximum atomic E-state index is 12.6. The van der Waals surface area contributed by atoms with Crippen molar-refractivity contribution in [2.75, 3.05) is 5.32 Å². The van der Waals surface area contributed by atoms with Gasteiger partial charge in [0.1, 0.15) is 11.5 Å². The molecule has 0 radical (unpaired) electrons. The van der Waals surface area contributed by atoms with E-state index in [0.717, 1.165) is 42.9 Å². The molecule has 24 heavy (non-hydrogen) atoms. The van der Waals surface area contributed by atoms with Gasteiger partial charge in [0.2, 0.25) is 0 Å². The Hall–Kier alpha value is -2.14. The highest BCUT2D eigenvalue weighted by Crippen LogP contribution is 2.19. The lowest BCUT2D eigenvalue weighted by Gasteiger charge is -2.20. The minimum Gasteiger partial charge on any atom is -0.371 e. The summed E-state index contributed by atoms with van der Waals surface area (Å²) < 4.78 is 7.83. The number of fused-ring (bicyclic) bond motifs is 1. The van der Waals surface area contributed by atoms with Crippen molar-refractivity contribution in [3.8, 4) is 0 Å². The first-order chi connectivity index (χ1) is 11.4. The third-order valence-corrected chi connectivity index (χ3v) is 4.06. The van der Waals surface area contributed by atoms with Gasteiger partial charge in [0.05, 0.1) is 18.4 Å². The minimum atomic E-state index is -0.185. The molecule has 1 amide bonds. The number of carbonyl (C=O) groups is 1. The second-order valence-corrected chi connectivity index (χ2v) is 7.22. The maximum Gasteiger partial charge on any atom is 0.273 e. The largest absolute Gasteiger partial charge is 0.371 e. The molecule has 1 N–H and O–H groups in total. The summed E-state index contributed by atoms with van der Waals surface area (Å²) in [4.78, 5) is 16.9. The van der Waals surface area contributed by atoms with Gasteiger partial charge in [-0.3, -0.25) is 4.79 Å². The van der Waals surface area contributed by atoms with Crippen LogP contribution in [-0.2, 0) is 24.3 Å². The van der Waals surface area contributed by atoms with E-state index in [-0.39, 0.29) is 11.5 Å². The van der Waals surface area contributed by atoms with E-state index in [4.69, 9.17) is 4.74 Å². The third-order valence-electron chi connectivity index (χ3n) is 4.06. The molecule has 0 saturated heterocycles. The van der Waals surface area contributed by atoms with Crippen molar-refractivity contribution in [3.05, 3.63) is 47.5 Å². The predicted octanol–water partition coefficient (Wildman–Crippen LogP) is 3.79. The van der Waals surface area contributed by atoms with Crippen molar-refractivity contribution in [1.29, 1.82) is 0 Å². The van der Waals surface area contributed by atoms with Crippen LogP contribution in [0, 0.1) is 0 Å². The van der Waals surface area contributed by atoms with Crippen molar-refractivity contribution in [1.82, 2.24) is 9.55 Å². The Labute approximate surface area is 143 Å². The summed E-state index contributed by atoms with van der Waals surface area (Å²) >= 11 is 0. The zero-order valence-corrected chi connectivity index (χ0v) is 14.6. The molecule has 1 aromatic carbocycles. The van der Waals surface area contributed by atoms with Gasteiger partial charge in [-0.15, -0.1) is 0 Å². The van der Waals surface area contributed by atoms with Gasteiger partial charge in [0.15, 0.2) is 0 Å². The number of rotatable bonds is 4. The van der Waals surface area contributed by atoms with Gasteiger partial charge in [-0.2, -0.15) is 0 Å². The molecule has 1 aliphatic heterocycles. The molecule has 1 aromatic heterocycles. The van der Waals surface area contributed by atoms with Crippen LogP contribution in [-0.4, -0.2) is 21.1 Å². The Balaban J connectivity index is 1.69. The zero-order valence-electron chi connectivity index (χ0n) is 14.6. The average molecular weight is 327 g/mol. The van der Waals surface area contributed by atoms with Crippen molar-refractivity contribution < 1.29 is 9.53 Å². The van der Waals surface area contributed by atoms with Crippen LogP contribution >= 0.6 is 0 Å². The van der Waals surface area contributed by atoms with E-state index < -0.39 is 0 Å². The highest BCUT2D eigenvalue weighted by Gasteiger charge is 2.19. The number of ether oxygens (including phenoxy) is 1. The monoisotopic (exact) mass is 327 g/mol. The summed E-state index contributed by atoms with van der Waals surface area (Å²) in [7, 11) is 0. The highest BCUT2D eigenvalue weighted by molar-refractivity contribution is 6.03. The van der Waals surface area contributed by atoms with Crippen LogP contribution < -0.4 is 5.32 Å². The summed E-state index contributed by atoms with van der Waals surface area (Å²) in [5.41, 5.74) is 2.27. The quantitative estimate of drug-likeness (QED) is 0.929. The van der Waals surface area contributed by atoms with Crippen molar-refractivity contribution in [2.24, 2.45) is 0 Å². The number of imidazole rings is 1. The number of nitrogens with zero attached hydrogens (tertiary/aromatic N) is 2. The smallest absolute Gasteiger partial charge is 0.273 e. The number of hydrogen-bond acceptors (Lipinski definition) is 3. The van der Waals surface area contributed by atoms with E-state index in [9.17, 15) is 4.79 Å². The lowest BCUT2D eigenvalue weighted by Crippen LogP contribution is -2.20. The Bertz CT molecular complexity index is 728. The number of aryl methyl sites for hydroxylation is 1. The summed E-state index contributed by atoms with van der Waals surface area (Å²) in [6.07, 6.45) is 4.88. The van der Waals surface area contributed by atoms with Gasteiger partial charge in [-0.25, -0.2) is 4.98 Å². The molecule has 0 spiro atoms. The molecule has 0 unspecified atom stereocenters. The zero-order chi connectivity index (χ0) is 17.2. The van der Waals surface area contributed by atoms with Crippen LogP contribution in [0.2, 0.25) is 0 Å². The fourth-order valence-corrected chi connectivity index (χ4v) is 2.83. The first-order valence-corrected chi connectivity index (χ1v) is 8.51. The summed E-state index contributed by atoms with van der Waals surface area (Å²) in [6, 6.07) is 7.79. The summed E-state index contributed by atoms with van der Waals surface area (Å²) in [6.45, 7) is 7.48. The first-order valence-electron chi connectivity index (χ1n) is 8.51. The lowest BCUT2D eigenvalue weighted by atomic mass is 10.1. The van der Waals surface area contributed by atoms with Crippen LogP contribution in [0.3, 0.4) is 0 Å². The number of amides is 1. The van der Waals surface area contributed by atoms with Gasteiger partial charge in [0, 0.05) is 18.7 Å². The Morgan fingerprint density at radius 2 is 2.17 bits per heavy atom. The molecular formula is C19H25N3O2. The van der Waals surface area contributed by atoms with E-state index in [2.05, 4.69) is 10.3 Å². The second-order valence-electron chi connectivity index (χ2n) is 7.22. The van der Waals surface area contributed by atoms with Gasteiger partial charge in [-0.1, -0.05) is 12.1 Å². The molecule has 3 rings (SSSR count). The van der Waals surface area contributed by atoms with Crippen LogP contribution in [0.15, 0.2) is 30.5 Å². The molecule has 5 nitrogen and oxygen atoms in total. The van der Waals surface area contributed by atoms with Gasteiger partial charge >= 0.3 is 0 Å². The third kappa shape index (κ3) is 4.03. The van der Waals surface area contributed by atoms with Crippen molar-refractivity contribution >= 4 is 11.6 Å². The molecule has 2 heterocycles. The fraction of sp³-hybridized carbons (Fsp3) is 0.474. The number of carbonyl (C=O) groups excluding carboxylic acids is 1. The normalized spacial score (nSPS) is 14.3. The predicted molar refractivity (Wildman–Crippen MR) is 94.1 cm³/mol. The lowest BCUT2D eigenvalue weighted by molar-refractivity contribution is -0.0149. The van der Waals surface area contributed by atoms with Crippen LogP contribution in [0.5, 0.6) is 0 Å². The number of nitrogens with one attached hydrogen (secondary N) is 1. The molecule has 1 aliphatic rings. The molecule has 5 heteroatoms. The summed E-state index contributed by atoms with van der Waals surface area (Å²) in [5, 5.41) is 2.98. The molecule has 0 atom stereocenters. The van der Waals surface area contributed by atoms with E-state index in [1.165, 1.54) is 0 Å². The molecule has 0 aliphatic carbocycles. The van der Waals surface area contributed by atoms with Crippen molar-refractivity contribution in [3.63, 3.8) is 0 Å². The van der Waals surface area contributed by atoms with E-state index in [1.807, 2.05) is 49.6 Å². The number of anilines is 1. The summed E-state index contributed by atoms with van der Waals surface area (Å²) in [5.74, 6) is 0.906. The van der Waals surface area contributed by atoms with Gasteiger partial charge in [0.25, 0.3) is 5.91 Å². The number of aromatic nitrogens is 2. The topological polar surface area (TPSA) is 56.1 Å². The molecular weight excluding hydrogens is 302 g/mol. The number of hydrogen-bond donors (Lipinski definition) is 1. The molecule has 128 valence electrons. The standard InChI is InChI=1S/C19H25N3O2/c1-19(2,3)24-13-14-7-6-8-15(11-14)21-18(23)16-12-20-17-9-4-5-10-22(16)17/h6-8,11-12H,4-5,9-10,13H2,1-3H3,(H,21,23). The molecule has 2 aromatic rings. The molecule has 0 saturated carbocycles. The van der Waals surface area contributed by atoms with Gasteiger partial charge < -0.3 is 14.6 Å². The fourth-order valence-electron chi connectivity index (χ4n) is 2.83. The van der Waals surface area contributed by atoms with Crippen LogP contribution in [0.25, 0.3) is 0 Å². The number of benzene rings is 1. The van der Waals surface area contributed by atoms with Gasteiger partial charge in [-0.05, 0) is 51.3 Å². The first kappa shape index (κ1) is 16.7. The SMILES string of the molecule is CC(C)(C)OCc1cccc(NC(=O)c2cnc3n2CCCC3)c1. The van der Waals surface area contributed by atoms with E-state index in [0.29, 0.717) is 12.3 Å². The molecule has 0 fully saturated rings. The maximum absolute atomic E-state index is 12.6. The van der Waals surface area contributed by atoms with Crippen LogP contribution in [0.4, 0.5) is 5.69 Å². The average Bonchev–Trinajstić information content (AvgIpc) is 2.97. The van der Waals surface area contributed by atoms with E-state index in [1.54, 1.807) is 6.20 Å². The molecule has 0 bridgehead atoms. The minimum absolute atomic E-state index is 0.107.